The Hall–Kier alpha value is -1.06. The number of hydrogen-bond acceptors (Lipinski definition) is 3. The van der Waals surface area contributed by atoms with E-state index in [1.165, 1.54) is 57.8 Å². The van der Waals surface area contributed by atoms with E-state index in [9.17, 15) is 0 Å². The molecule has 0 aromatic rings. The van der Waals surface area contributed by atoms with Crippen LogP contribution in [-0.4, -0.2) is 17.7 Å². The van der Waals surface area contributed by atoms with Crippen molar-refractivity contribution in [3.8, 4) is 0 Å². The van der Waals surface area contributed by atoms with Crippen molar-refractivity contribution in [2.45, 2.75) is 149 Å². The molecule has 2 unspecified atom stereocenters. The predicted molar refractivity (Wildman–Crippen MR) is 170 cm³/mol. The minimum absolute atomic E-state index is 0.00719. The maximum Gasteiger partial charge on any atom is 0.0831 e. The van der Waals surface area contributed by atoms with Gasteiger partial charge >= 0.3 is 0 Å². The van der Waals surface area contributed by atoms with E-state index in [4.69, 9.17) is 16.2 Å². The van der Waals surface area contributed by atoms with Crippen molar-refractivity contribution in [3.05, 3.63) is 35.6 Å². The van der Waals surface area contributed by atoms with Crippen molar-refractivity contribution in [2.24, 2.45) is 57.8 Å². The number of hydrogen-bond donors (Lipinski definition) is 2. The van der Waals surface area contributed by atoms with Gasteiger partial charge in [0.1, 0.15) is 0 Å². The van der Waals surface area contributed by atoms with Gasteiger partial charge in [-0.1, -0.05) is 91.0 Å². The highest BCUT2D eigenvalue weighted by molar-refractivity contribution is 5.30. The minimum atomic E-state index is -0.579. The second kappa shape index (κ2) is 11.9. The van der Waals surface area contributed by atoms with Gasteiger partial charge in [0.2, 0.25) is 0 Å². The molecule has 3 nitrogen and oxygen atoms in total. The molecular formula is C37H62N2O. The Labute approximate surface area is 247 Å². The molecule has 226 valence electrons. The zero-order chi connectivity index (χ0) is 28.7. The Balaban J connectivity index is 1.26. The highest BCUT2D eigenvalue weighted by atomic mass is 16.5. The van der Waals surface area contributed by atoms with E-state index in [1.54, 1.807) is 5.57 Å². The van der Waals surface area contributed by atoms with Gasteiger partial charge in [-0.15, -0.1) is 0 Å². The average molecular weight is 551 g/mol. The van der Waals surface area contributed by atoms with Crippen LogP contribution in [0.3, 0.4) is 0 Å². The smallest absolute Gasteiger partial charge is 0.0831 e. The summed E-state index contributed by atoms with van der Waals surface area (Å²) in [6.45, 7) is 14.9. The molecule has 4 N–H and O–H groups in total. The molecule has 5 aliphatic carbocycles. The Kier molecular flexibility index (Phi) is 9.05. The Morgan fingerprint density at radius 3 is 2.52 bits per heavy atom. The third-order valence-electron chi connectivity index (χ3n) is 12.9. The molecule has 0 spiro atoms. The minimum Gasteiger partial charge on any atom is -0.402 e. The lowest BCUT2D eigenvalue weighted by Crippen LogP contribution is -2.53. The summed E-state index contributed by atoms with van der Waals surface area (Å²) in [5.74, 6) is 5.33. The lowest BCUT2D eigenvalue weighted by Gasteiger charge is -2.58. The summed E-state index contributed by atoms with van der Waals surface area (Å²) in [5, 5.41) is 0. The molecule has 0 aromatic carbocycles. The van der Waals surface area contributed by atoms with Crippen molar-refractivity contribution in [1.29, 1.82) is 0 Å². The summed E-state index contributed by atoms with van der Waals surface area (Å²) < 4.78 is 6.91. The highest BCUT2D eigenvalue weighted by Gasteiger charge is 2.59. The maximum absolute atomic E-state index is 6.91. The van der Waals surface area contributed by atoms with Crippen LogP contribution in [0.2, 0.25) is 0 Å². The predicted octanol–water partition coefficient (Wildman–Crippen LogP) is 9.08. The summed E-state index contributed by atoms with van der Waals surface area (Å²) in [5.41, 5.74) is 16.0. The molecule has 0 bridgehead atoms. The second-order valence-corrected chi connectivity index (χ2v) is 15.9. The van der Waals surface area contributed by atoms with Crippen LogP contribution in [0.4, 0.5) is 0 Å². The first-order chi connectivity index (χ1) is 19.0. The summed E-state index contributed by atoms with van der Waals surface area (Å²) in [4.78, 5) is 0. The van der Waals surface area contributed by atoms with Gasteiger partial charge in [0, 0.05) is 12.1 Å². The molecular weight excluding hydrogens is 488 g/mol. The summed E-state index contributed by atoms with van der Waals surface area (Å²) in [6.07, 6.45) is 27.0. The maximum atomic E-state index is 6.91. The van der Waals surface area contributed by atoms with Crippen molar-refractivity contribution >= 4 is 0 Å². The van der Waals surface area contributed by atoms with Crippen molar-refractivity contribution < 1.29 is 4.74 Å². The van der Waals surface area contributed by atoms with Gasteiger partial charge in [-0.3, -0.25) is 0 Å². The molecule has 0 heterocycles. The normalized spacial score (nSPS) is 42.5. The zero-order valence-corrected chi connectivity index (χ0v) is 26.9. The Morgan fingerprint density at radius 2 is 1.80 bits per heavy atom. The largest absolute Gasteiger partial charge is 0.402 e. The monoisotopic (exact) mass is 550 g/mol. The third-order valence-corrected chi connectivity index (χ3v) is 12.9. The van der Waals surface area contributed by atoms with Gasteiger partial charge in [0.15, 0.2) is 0 Å². The Morgan fingerprint density at radius 1 is 1.00 bits per heavy atom. The van der Waals surface area contributed by atoms with E-state index in [0.717, 1.165) is 73.3 Å². The third kappa shape index (κ3) is 5.64. The first-order valence-corrected chi connectivity index (χ1v) is 17.3. The molecule has 40 heavy (non-hydrogen) atoms. The van der Waals surface area contributed by atoms with Crippen LogP contribution in [0.5, 0.6) is 0 Å². The van der Waals surface area contributed by atoms with Crippen molar-refractivity contribution in [2.75, 3.05) is 0 Å². The fraction of sp³-hybridized carbons (Fsp3) is 0.838. The Bertz CT molecular complexity index is 981. The lowest BCUT2D eigenvalue weighted by atomic mass is 9.47. The molecule has 3 fully saturated rings. The molecule has 0 aromatic heterocycles. The quantitative estimate of drug-likeness (QED) is 0.267. The van der Waals surface area contributed by atoms with Gasteiger partial charge in [-0.25, -0.2) is 0 Å². The van der Waals surface area contributed by atoms with Crippen LogP contribution in [0.15, 0.2) is 35.6 Å². The van der Waals surface area contributed by atoms with Gasteiger partial charge in [-0.05, 0) is 110 Å². The van der Waals surface area contributed by atoms with Crippen LogP contribution in [0.1, 0.15) is 131 Å². The van der Waals surface area contributed by atoms with Gasteiger partial charge in [0.25, 0.3) is 0 Å². The van der Waals surface area contributed by atoms with Gasteiger partial charge < -0.3 is 16.2 Å². The van der Waals surface area contributed by atoms with E-state index in [0.29, 0.717) is 10.8 Å². The first kappa shape index (κ1) is 30.4. The van der Waals surface area contributed by atoms with E-state index in [1.807, 2.05) is 0 Å². The molecule has 0 aliphatic heterocycles. The fourth-order valence-corrected chi connectivity index (χ4v) is 10.7. The first-order valence-electron chi connectivity index (χ1n) is 17.3. The molecule has 3 heteroatoms. The number of ether oxygens (including phenoxy) is 1. The number of fused-ring (bicyclic) bond motifs is 5. The van der Waals surface area contributed by atoms with Crippen LogP contribution in [0.25, 0.3) is 0 Å². The summed E-state index contributed by atoms with van der Waals surface area (Å²) >= 11 is 0. The van der Waals surface area contributed by atoms with E-state index < -0.39 is 5.54 Å². The van der Waals surface area contributed by atoms with E-state index in [2.05, 4.69) is 65.8 Å². The number of nitrogens with two attached hydrogens (primary N) is 2. The SMILES string of the molecule is CCCC(O[C@H]1CC[C@@]2(C)C(=CC[C@H]3[C@@H]4CC[C@H]([C@H](C)CCCC(C)C)[C@@]4(C)CC[C@@H]32)C1)C1(N)C=CCC(N)=C1. The topological polar surface area (TPSA) is 61.3 Å². The standard InChI is InChI=1S/C37H62N2O/c1-7-10-34(37(39)20-9-13-28(38)24-37)40-29-18-21-35(5)27(23-29)14-15-30-32-17-16-31(26(4)12-8-11-25(2)3)36(32,6)22-19-33(30)35/h9,14,20,24-26,29-34H,7-8,10-13,15-19,21-23,38-39H2,1-6H3/t26-,29+,30+,31-,32+,33+,34?,35+,36-,37?/m1/s1. The number of allylic oxidation sites excluding steroid dienone is 2. The fourth-order valence-electron chi connectivity index (χ4n) is 10.7. The number of rotatable bonds is 10. The molecule has 0 saturated heterocycles. The molecule has 0 radical (unpaired) electrons. The summed E-state index contributed by atoms with van der Waals surface area (Å²) in [7, 11) is 0. The van der Waals surface area contributed by atoms with Crippen molar-refractivity contribution in [3.63, 3.8) is 0 Å². The van der Waals surface area contributed by atoms with Gasteiger partial charge in [-0.2, -0.15) is 0 Å². The molecule has 10 atom stereocenters. The van der Waals surface area contributed by atoms with Crippen LogP contribution in [0, 0.1) is 46.3 Å². The van der Waals surface area contributed by atoms with Gasteiger partial charge in [0.05, 0.1) is 17.7 Å². The molecule has 3 saturated carbocycles. The lowest BCUT2D eigenvalue weighted by molar-refractivity contribution is -0.0832. The highest BCUT2D eigenvalue weighted by Crippen LogP contribution is 2.67. The second-order valence-electron chi connectivity index (χ2n) is 15.9. The zero-order valence-electron chi connectivity index (χ0n) is 26.9. The van der Waals surface area contributed by atoms with E-state index >= 15 is 0 Å². The average Bonchev–Trinajstić information content (AvgIpc) is 3.25. The molecule has 5 aliphatic rings. The van der Waals surface area contributed by atoms with Crippen LogP contribution in [-0.2, 0) is 4.74 Å². The molecule has 0 amide bonds. The van der Waals surface area contributed by atoms with Crippen LogP contribution >= 0.6 is 0 Å². The van der Waals surface area contributed by atoms with Crippen molar-refractivity contribution in [1.82, 2.24) is 0 Å². The van der Waals surface area contributed by atoms with E-state index in [-0.39, 0.29) is 12.2 Å². The molecule has 5 rings (SSSR count). The summed E-state index contributed by atoms with van der Waals surface area (Å²) in [6, 6.07) is 0. The van der Waals surface area contributed by atoms with Crippen LogP contribution < -0.4 is 11.5 Å².